The number of rotatable bonds is 5. The highest BCUT2D eigenvalue weighted by Crippen LogP contribution is 2.01. The monoisotopic (exact) mass is 229 g/mol. The first-order valence-electron chi connectivity index (χ1n) is 4.78. The number of nitrogens with zero attached hydrogens (tertiary/aromatic N) is 1. The SMILES string of the molecule is CCS(=O)CCNC(=O)c1cn[nH]c1C. The standard InChI is InChI=1S/C9H15N3O2S/c1-3-15(14)5-4-10-9(13)8-6-11-12-7(8)2/h6H,3-5H2,1-2H3,(H,10,13)(H,11,12). The van der Waals surface area contributed by atoms with Crippen LogP contribution in [0.3, 0.4) is 0 Å². The van der Waals surface area contributed by atoms with Crippen LogP contribution in [0.1, 0.15) is 23.0 Å². The predicted molar refractivity (Wildman–Crippen MR) is 59.2 cm³/mol. The predicted octanol–water partition coefficient (Wildman–Crippen LogP) is 0.217. The Balaban J connectivity index is 2.38. The highest BCUT2D eigenvalue weighted by atomic mass is 32.2. The summed E-state index contributed by atoms with van der Waals surface area (Å²) in [4.78, 5) is 11.5. The average Bonchev–Trinajstić information content (AvgIpc) is 2.64. The highest BCUT2D eigenvalue weighted by molar-refractivity contribution is 7.84. The van der Waals surface area contributed by atoms with E-state index in [-0.39, 0.29) is 5.91 Å². The molecule has 0 saturated heterocycles. The van der Waals surface area contributed by atoms with E-state index in [1.54, 1.807) is 6.92 Å². The molecule has 0 radical (unpaired) electrons. The van der Waals surface area contributed by atoms with E-state index in [9.17, 15) is 9.00 Å². The third-order valence-electron chi connectivity index (χ3n) is 2.01. The van der Waals surface area contributed by atoms with Gasteiger partial charge in [0.05, 0.1) is 11.8 Å². The number of hydrogen-bond donors (Lipinski definition) is 2. The van der Waals surface area contributed by atoms with E-state index in [1.165, 1.54) is 6.20 Å². The van der Waals surface area contributed by atoms with Gasteiger partial charge < -0.3 is 5.32 Å². The van der Waals surface area contributed by atoms with Crippen LogP contribution in [-0.2, 0) is 10.8 Å². The van der Waals surface area contributed by atoms with Gasteiger partial charge in [-0.3, -0.25) is 14.1 Å². The first kappa shape index (κ1) is 11.9. The minimum Gasteiger partial charge on any atom is -0.351 e. The molecule has 1 aromatic heterocycles. The van der Waals surface area contributed by atoms with E-state index in [1.807, 2.05) is 6.92 Å². The van der Waals surface area contributed by atoms with Crippen molar-refractivity contribution in [2.75, 3.05) is 18.1 Å². The summed E-state index contributed by atoms with van der Waals surface area (Å²) >= 11 is 0. The molecule has 5 nitrogen and oxygen atoms in total. The number of aromatic amines is 1. The number of nitrogens with one attached hydrogen (secondary N) is 2. The lowest BCUT2D eigenvalue weighted by atomic mass is 10.2. The largest absolute Gasteiger partial charge is 0.351 e. The fourth-order valence-corrected chi connectivity index (χ4v) is 1.72. The summed E-state index contributed by atoms with van der Waals surface area (Å²) in [5.41, 5.74) is 1.28. The van der Waals surface area contributed by atoms with E-state index in [0.717, 1.165) is 5.69 Å². The van der Waals surface area contributed by atoms with Crippen LogP contribution in [0.5, 0.6) is 0 Å². The number of hydrogen-bond acceptors (Lipinski definition) is 3. The van der Waals surface area contributed by atoms with Crippen molar-refractivity contribution < 1.29 is 9.00 Å². The molecule has 0 aliphatic rings. The number of H-pyrrole nitrogens is 1. The maximum absolute atomic E-state index is 11.5. The summed E-state index contributed by atoms with van der Waals surface area (Å²) in [6, 6.07) is 0. The lowest BCUT2D eigenvalue weighted by Gasteiger charge is -2.03. The van der Waals surface area contributed by atoms with Gasteiger partial charge in [-0.2, -0.15) is 5.10 Å². The van der Waals surface area contributed by atoms with Crippen LogP contribution in [0.15, 0.2) is 6.20 Å². The molecule has 0 aliphatic carbocycles. The molecule has 2 N–H and O–H groups in total. The second-order valence-corrected chi connectivity index (χ2v) is 4.96. The third-order valence-corrected chi connectivity index (χ3v) is 3.32. The van der Waals surface area contributed by atoms with Crippen LogP contribution >= 0.6 is 0 Å². The third kappa shape index (κ3) is 3.47. The van der Waals surface area contributed by atoms with E-state index in [0.29, 0.717) is 23.6 Å². The zero-order chi connectivity index (χ0) is 11.3. The van der Waals surface area contributed by atoms with Gasteiger partial charge in [0, 0.05) is 34.5 Å². The van der Waals surface area contributed by atoms with Gasteiger partial charge >= 0.3 is 0 Å². The van der Waals surface area contributed by atoms with Crippen LogP contribution in [0.4, 0.5) is 0 Å². The molecule has 0 fully saturated rings. The smallest absolute Gasteiger partial charge is 0.254 e. The molecule has 1 atom stereocenters. The van der Waals surface area contributed by atoms with Crippen molar-refractivity contribution in [3.05, 3.63) is 17.5 Å². The Morgan fingerprint density at radius 1 is 1.67 bits per heavy atom. The van der Waals surface area contributed by atoms with Gasteiger partial charge in [0.25, 0.3) is 5.91 Å². The van der Waals surface area contributed by atoms with Gasteiger partial charge in [-0.05, 0) is 6.92 Å². The lowest BCUT2D eigenvalue weighted by Crippen LogP contribution is -2.28. The van der Waals surface area contributed by atoms with E-state index in [4.69, 9.17) is 0 Å². The van der Waals surface area contributed by atoms with Gasteiger partial charge in [0.2, 0.25) is 0 Å². The number of carbonyl (C=O) groups excluding carboxylic acids is 1. The molecule has 1 amide bonds. The molecule has 6 heteroatoms. The fraction of sp³-hybridized carbons (Fsp3) is 0.556. The Hall–Kier alpha value is -1.17. The molecule has 15 heavy (non-hydrogen) atoms. The molecule has 0 spiro atoms. The van der Waals surface area contributed by atoms with Crippen LogP contribution in [-0.4, -0.2) is 38.4 Å². The van der Waals surface area contributed by atoms with E-state index >= 15 is 0 Å². The van der Waals surface area contributed by atoms with Crippen LogP contribution in [0, 0.1) is 6.92 Å². The van der Waals surface area contributed by atoms with Crippen molar-refractivity contribution in [1.82, 2.24) is 15.5 Å². The molecular weight excluding hydrogens is 214 g/mol. The average molecular weight is 229 g/mol. The van der Waals surface area contributed by atoms with Crippen molar-refractivity contribution in [3.63, 3.8) is 0 Å². The molecule has 0 bridgehead atoms. The van der Waals surface area contributed by atoms with Crippen molar-refractivity contribution in [3.8, 4) is 0 Å². The topological polar surface area (TPSA) is 74.8 Å². The summed E-state index contributed by atoms with van der Waals surface area (Å²) < 4.78 is 11.1. The quantitative estimate of drug-likeness (QED) is 0.758. The Bertz CT molecular complexity index is 362. The Morgan fingerprint density at radius 3 is 2.93 bits per heavy atom. The first-order valence-corrected chi connectivity index (χ1v) is 6.27. The van der Waals surface area contributed by atoms with Gasteiger partial charge in [-0.15, -0.1) is 0 Å². The van der Waals surface area contributed by atoms with Crippen molar-refractivity contribution in [2.45, 2.75) is 13.8 Å². The normalized spacial score (nSPS) is 12.4. The second-order valence-electron chi connectivity index (χ2n) is 3.10. The molecule has 1 heterocycles. The first-order chi connectivity index (χ1) is 7.15. The Kier molecular flexibility index (Phi) is 4.48. The van der Waals surface area contributed by atoms with Gasteiger partial charge in [0.1, 0.15) is 0 Å². The number of aryl methyl sites for hydroxylation is 1. The minimum absolute atomic E-state index is 0.172. The fourth-order valence-electron chi connectivity index (χ4n) is 1.10. The summed E-state index contributed by atoms with van der Waals surface area (Å²) in [7, 11) is -0.834. The molecule has 84 valence electrons. The maximum Gasteiger partial charge on any atom is 0.254 e. The molecule has 1 unspecified atom stereocenters. The molecule has 1 rings (SSSR count). The van der Waals surface area contributed by atoms with E-state index in [2.05, 4.69) is 15.5 Å². The Morgan fingerprint density at radius 2 is 2.40 bits per heavy atom. The summed E-state index contributed by atoms with van der Waals surface area (Å²) in [5, 5.41) is 9.14. The number of carbonyl (C=O) groups is 1. The summed E-state index contributed by atoms with van der Waals surface area (Å²) in [6.45, 7) is 4.08. The zero-order valence-corrected chi connectivity index (χ0v) is 9.69. The molecular formula is C9H15N3O2S. The highest BCUT2D eigenvalue weighted by Gasteiger charge is 2.09. The summed E-state index contributed by atoms with van der Waals surface area (Å²) in [6.07, 6.45) is 1.49. The Labute approximate surface area is 91.1 Å². The number of amides is 1. The zero-order valence-electron chi connectivity index (χ0n) is 8.87. The van der Waals surface area contributed by atoms with Crippen molar-refractivity contribution in [2.24, 2.45) is 0 Å². The van der Waals surface area contributed by atoms with Gasteiger partial charge in [0.15, 0.2) is 0 Å². The second kappa shape index (κ2) is 5.65. The molecule has 0 saturated carbocycles. The van der Waals surface area contributed by atoms with Crippen LogP contribution in [0.25, 0.3) is 0 Å². The lowest BCUT2D eigenvalue weighted by molar-refractivity contribution is 0.0955. The van der Waals surface area contributed by atoms with E-state index < -0.39 is 10.8 Å². The molecule has 0 aromatic carbocycles. The summed E-state index contributed by atoms with van der Waals surface area (Å²) in [5.74, 6) is 0.953. The maximum atomic E-state index is 11.5. The number of aromatic nitrogens is 2. The van der Waals surface area contributed by atoms with Crippen molar-refractivity contribution in [1.29, 1.82) is 0 Å². The molecule has 1 aromatic rings. The van der Waals surface area contributed by atoms with Crippen LogP contribution < -0.4 is 5.32 Å². The van der Waals surface area contributed by atoms with Gasteiger partial charge in [-0.1, -0.05) is 6.92 Å². The van der Waals surface area contributed by atoms with Crippen molar-refractivity contribution >= 4 is 16.7 Å². The van der Waals surface area contributed by atoms with Crippen LogP contribution in [0.2, 0.25) is 0 Å². The molecule has 0 aliphatic heterocycles. The van der Waals surface area contributed by atoms with Gasteiger partial charge in [-0.25, -0.2) is 0 Å². The minimum atomic E-state index is -0.834.